The van der Waals surface area contributed by atoms with Gasteiger partial charge in [0.1, 0.15) is 5.60 Å². The van der Waals surface area contributed by atoms with E-state index in [0.717, 1.165) is 11.6 Å². The van der Waals surface area contributed by atoms with Crippen LogP contribution in [0.2, 0.25) is 0 Å². The number of aryl methyl sites for hydroxylation is 1. The van der Waals surface area contributed by atoms with Crippen LogP contribution >= 0.6 is 0 Å². The largest absolute Gasteiger partial charge is 0.416 e. The molecule has 2 aliphatic heterocycles. The number of alkyl halides is 3. The number of ether oxygens (including phenoxy) is 1. The Hall–Kier alpha value is -1.07. The van der Waals surface area contributed by atoms with Crippen LogP contribution in [0.1, 0.15) is 23.1 Å². The van der Waals surface area contributed by atoms with Crippen molar-refractivity contribution in [1.29, 1.82) is 0 Å². The number of fused-ring (bicyclic) bond motifs is 2. The lowest BCUT2D eigenvalue weighted by Gasteiger charge is -2.30. The SMILES string of the molecule is Cc1ccc(C(F)(F)F)c(C23CNC(CO2)C3)c1. The Bertz CT molecular complexity index is 476. The van der Waals surface area contributed by atoms with Crippen molar-refractivity contribution in [2.24, 2.45) is 0 Å². The molecule has 0 aliphatic carbocycles. The molecule has 2 atom stereocenters. The van der Waals surface area contributed by atoms with Gasteiger partial charge in [0.15, 0.2) is 0 Å². The summed E-state index contributed by atoms with van der Waals surface area (Å²) >= 11 is 0. The van der Waals surface area contributed by atoms with Crippen molar-refractivity contribution in [2.75, 3.05) is 13.2 Å². The van der Waals surface area contributed by atoms with Gasteiger partial charge < -0.3 is 10.1 Å². The van der Waals surface area contributed by atoms with Gasteiger partial charge in [0.2, 0.25) is 0 Å². The quantitative estimate of drug-likeness (QED) is 0.835. The monoisotopic (exact) mass is 257 g/mol. The lowest BCUT2D eigenvalue weighted by molar-refractivity contribution is -0.141. The summed E-state index contributed by atoms with van der Waals surface area (Å²) in [7, 11) is 0. The minimum atomic E-state index is -4.33. The molecule has 5 heteroatoms. The second-order valence-electron chi connectivity index (χ2n) is 5.13. The Morgan fingerprint density at radius 3 is 2.67 bits per heavy atom. The fourth-order valence-corrected chi connectivity index (χ4v) is 2.90. The van der Waals surface area contributed by atoms with Crippen molar-refractivity contribution in [3.8, 4) is 0 Å². The molecule has 0 saturated carbocycles. The van der Waals surface area contributed by atoms with Gasteiger partial charge in [-0.1, -0.05) is 17.7 Å². The Morgan fingerprint density at radius 1 is 1.39 bits per heavy atom. The molecule has 2 unspecified atom stereocenters. The highest BCUT2D eigenvalue weighted by Crippen LogP contribution is 2.45. The van der Waals surface area contributed by atoms with Crippen LogP contribution in [-0.4, -0.2) is 19.2 Å². The van der Waals surface area contributed by atoms with Crippen molar-refractivity contribution in [2.45, 2.75) is 31.2 Å². The lowest BCUT2D eigenvalue weighted by Crippen LogP contribution is -2.38. The summed E-state index contributed by atoms with van der Waals surface area (Å²) in [6, 6.07) is 4.45. The summed E-state index contributed by atoms with van der Waals surface area (Å²) in [6.07, 6.45) is -3.71. The maximum absolute atomic E-state index is 13.1. The minimum Gasteiger partial charge on any atom is -0.367 e. The number of benzene rings is 1. The smallest absolute Gasteiger partial charge is 0.367 e. The fraction of sp³-hybridized carbons (Fsp3) is 0.538. The first-order chi connectivity index (χ1) is 8.41. The van der Waals surface area contributed by atoms with Gasteiger partial charge in [-0.05, 0) is 25.0 Å². The number of hydrogen-bond donors (Lipinski definition) is 1. The normalized spacial score (nSPS) is 31.0. The highest BCUT2D eigenvalue weighted by atomic mass is 19.4. The maximum Gasteiger partial charge on any atom is 0.416 e. The van der Waals surface area contributed by atoms with Crippen LogP contribution in [0, 0.1) is 6.92 Å². The summed E-state index contributed by atoms with van der Waals surface area (Å²) in [6.45, 7) is 2.75. The van der Waals surface area contributed by atoms with Crippen molar-refractivity contribution in [3.05, 3.63) is 34.9 Å². The molecule has 3 rings (SSSR count). The van der Waals surface area contributed by atoms with Gasteiger partial charge in [-0.2, -0.15) is 13.2 Å². The molecule has 0 aromatic heterocycles. The predicted octanol–water partition coefficient (Wildman–Crippen LogP) is 2.60. The van der Waals surface area contributed by atoms with Gasteiger partial charge in [-0.3, -0.25) is 0 Å². The highest BCUT2D eigenvalue weighted by Gasteiger charge is 2.51. The van der Waals surface area contributed by atoms with Gasteiger partial charge in [0.05, 0.1) is 12.2 Å². The number of halogens is 3. The minimum absolute atomic E-state index is 0.187. The van der Waals surface area contributed by atoms with Crippen LogP contribution in [-0.2, 0) is 16.5 Å². The first kappa shape index (κ1) is 12.0. The number of rotatable bonds is 1. The molecule has 2 fully saturated rings. The summed E-state index contributed by atoms with van der Waals surface area (Å²) in [5, 5.41) is 3.20. The van der Waals surface area contributed by atoms with E-state index in [2.05, 4.69) is 5.32 Å². The molecule has 2 bridgehead atoms. The second-order valence-corrected chi connectivity index (χ2v) is 5.13. The van der Waals surface area contributed by atoms with E-state index in [1.165, 1.54) is 6.07 Å². The Morgan fingerprint density at radius 2 is 2.17 bits per heavy atom. The van der Waals surface area contributed by atoms with Crippen LogP contribution in [0.5, 0.6) is 0 Å². The van der Waals surface area contributed by atoms with Crippen molar-refractivity contribution in [3.63, 3.8) is 0 Å². The standard InChI is InChI=1S/C13H14F3NO/c1-8-2-3-10(13(14,15)16)11(4-8)12-5-9(6-18-12)17-7-12/h2-4,9,17H,5-7H2,1H3. The second kappa shape index (κ2) is 3.71. The third-order valence-corrected chi connectivity index (χ3v) is 3.78. The molecule has 0 amide bonds. The van der Waals surface area contributed by atoms with E-state index in [0.29, 0.717) is 19.6 Å². The molecule has 1 aromatic rings. The zero-order valence-electron chi connectivity index (χ0n) is 9.97. The molecule has 1 aromatic carbocycles. The van der Waals surface area contributed by atoms with Crippen LogP contribution in [0.15, 0.2) is 18.2 Å². The molecular weight excluding hydrogens is 243 g/mol. The van der Waals surface area contributed by atoms with E-state index in [1.54, 1.807) is 13.0 Å². The molecule has 0 radical (unpaired) electrons. The van der Waals surface area contributed by atoms with Gasteiger partial charge in [-0.25, -0.2) is 0 Å². The Labute approximate surface area is 103 Å². The maximum atomic E-state index is 13.1. The topological polar surface area (TPSA) is 21.3 Å². The average molecular weight is 257 g/mol. The van der Waals surface area contributed by atoms with E-state index in [4.69, 9.17) is 4.74 Å². The Balaban J connectivity index is 2.13. The molecule has 98 valence electrons. The molecule has 2 aliphatic rings. The third kappa shape index (κ3) is 1.73. The van der Waals surface area contributed by atoms with Crippen LogP contribution in [0.25, 0.3) is 0 Å². The van der Waals surface area contributed by atoms with Crippen LogP contribution in [0.4, 0.5) is 13.2 Å². The van der Waals surface area contributed by atoms with E-state index >= 15 is 0 Å². The summed E-state index contributed by atoms with van der Waals surface area (Å²) in [4.78, 5) is 0. The highest BCUT2D eigenvalue weighted by molar-refractivity contribution is 5.40. The zero-order valence-corrected chi connectivity index (χ0v) is 9.97. The molecule has 2 nitrogen and oxygen atoms in total. The fourth-order valence-electron chi connectivity index (χ4n) is 2.90. The first-order valence-electron chi connectivity index (χ1n) is 5.96. The molecule has 18 heavy (non-hydrogen) atoms. The summed E-state index contributed by atoms with van der Waals surface area (Å²) in [5.74, 6) is 0. The molecule has 0 spiro atoms. The zero-order chi connectivity index (χ0) is 13.0. The van der Waals surface area contributed by atoms with Crippen molar-refractivity contribution in [1.82, 2.24) is 5.32 Å². The first-order valence-corrected chi connectivity index (χ1v) is 5.96. The number of nitrogens with one attached hydrogen (secondary N) is 1. The van der Waals surface area contributed by atoms with E-state index < -0.39 is 17.3 Å². The average Bonchev–Trinajstić information content (AvgIpc) is 2.88. The molecule has 2 saturated heterocycles. The molecular formula is C13H14F3NO. The van der Waals surface area contributed by atoms with E-state index in [-0.39, 0.29) is 11.6 Å². The van der Waals surface area contributed by atoms with E-state index in [1.807, 2.05) is 0 Å². The van der Waals surface area contributed by atoms with Gasteiger partial charge in [-0.15, -0.1) is 0 Å². The van der Waals surface area contributed by atoms with Gasteiger partial charge in [0, 0.05) is 12.6 Å². The summed E-state index contributed by atoms with van der Waals surface area (Å²) in [5.41, 5.74) is -0.257. The van der Waals surface area contributed by atoms with E-state index in [9.17, 15) is 13.2 Å². The predicted molar refractivity (Wildman–Crippen MR) is 60.2 cm³/mol. The Kier molecular flexibility index (Phi) is 2.47. The lowest BCUT2D eigenvalue weighted by atomic mass is 9.87. The molecule has 1 N–H and O–H groups in total. The molecule has 2 heterocycles. The van der Waals surface area contributed by atoms with Crippen molar-refractivity contribution < 1.29 is 17.9 Å². The van der Waals surface area contributed by atoms with Crippen molar-refractivity contribution >= 4 is 0 Å². The van der Waals surface area contributed by atoms with Gasteiger partial charge in [0.25, 0.3) is 0 Å². The number of morpholine rings is 1. The van der Waals surface area contributed by atoms with Crippen LogP contribution in [0.3, 0.4) is 0 Å². The van der Waals surface area contributed by atoms with Crippen LogP contribution < -0.4 is 5.32 Å². The summed E-state index contributed by atoms with van der Waals surface area (Å²) < 4.78 is 44.9. The third-order valence-electron chi connectivity index (χ3n) is 3.78. The van der Waals surface area contributed by atoms with Gasteiger partial charge >= 0.3 is 6.18 Å². The number of hydrogen-bond acceptors (Lipinski definition) is 2.